The van der Waals surface area contributed by atoms with Crippen molar-refractivity contribution in [2.45, 2.75) is 38.1 Å². The highest BCUT2D eigenvalue weighted by Crippen LogP contribution is 2.33. The van der Waals surface area contributed by atoms with E-state index >= 15 is 0 Å². The molecular formula is C12H25N3O. The molecule has 4 nitrogen and oxygen atoms in total. The number of hydrogen-bond donors (Lipinski definition) is 1. The molecule has 0 radical (unpaired) electrons. The maximum absolute atomic E-state index is 11.8. The van der Waals surface area contributed by atoms with Crippen LogP contribution in [0, 0.1) is 0 Å². The molecule has 94 valence electrons. The SMILES string of the molecule is CCN(C)C(=O)CN(C)C1(CN)CCCC1. The molecule has 1 amide bonds. The summed E-state index contributed by atoms with van der Waals surface area (Å²) in [7, 11) is 3.87. The second kappa shape index (κ2) is 5.64. The molecule has 0 aromatic heterocycles. The molecule has 0 aliphatic heterocycles. The Bertz CT molecular complexity index is 236. The lowest BCUT2D eigenvalue weighted by Crippen LogP contribution is -2.53. The van der Waals surface area contributed by atoms with Crippen LogP contribution in [0.4, 0.5) is 0 Å². The van der Waals surface area contributed by atoms with Gasteiger partial charge in [-0.05, 0) is 26.8 Å². The third-order valence-corrected chi connectivity index (χ3v) is 4.00. The summed E-state index contributed by atoms with van der Waals surface area (Å²) in [5.41, 5.74) is 5.96. The van der Waals surface area contributed by atoms with Gasteiger partial charge < -0.3 is 10.6 Å². The topological polar surface area (TPSA) is 49.6 Å². The zero-order chi connectivity index (χ0) is 12.2. The fourth-order valence-corrected chi connectivity index (χ4v) is 2.44. The molecule has 0 heterocycles. The highest BCUT2D eigenvalue weighted by atomic mass is 16.2. The van der Waals surface area contributed by atoms with E-state index in [1.807, 2.05) is 21.0 Å². The summed E-state index contributed by atoms with van der Waals surface area (Å²) in [5, 5.41) is 0. The standard InChI is InChI=1S/C12H25N3O/c1-4-14(2)11(16)9-15(3)12(10-13)7-5-6-8-12/h4-10,13H2,1-3H3. The maximum atomic E-state index is 11.8. The quantitative estimate of drug-likeness (QED) is 0.751. The number of nitrogens with zero attached hydrogens (tertiary/aromatic N) is 2. The van der Waals surface area contributed by atoms with Gasteiger partial charge in [-0.1, -0.05) is 12.8 Å². The fourth-order valence-electron chi connectivity index (χ4n) is 2.44. The van der Waals surface area contributed by atoms with Crippen LogP contribution in [0.25, 0.3) is 0 Å². The zero-order valence-corrected chi connectivity index (χ0v) is 10.8. The summed E-state index contributed by atoms with van der Waals surface area (Å²) in [6.07, 6.45) is 4.73. The number of likely N-dealkylation sites (N-methyl/N-ethyl adjacent to an activating group) is 2. The molecule has 0 saturated heterocycles. The first-order valence-electron chi connectivity index (χ1n) is 6.21. The highest BCUT2D eigenvalue weighted by molar-refractivity contribution is 5.78. The number of rotatable bonds is 5. The number of hydrogen-bond acceptors (Lipinski definition) is 3. The molecular weight excluding hydrogens is 202 g/mol. The Morgan fingerprint density at radius 3 is 2.31 bits per heavy atom. The number of carbonyl (C=O) groups is 1. The van der Waals surface area contributed by atoms with Gasteiger partial charge in [0, 0.05) is 25.7 Å². The van der Waals surface area contributed by atoms with Gasteiger partial charge >= 0.3 is 0 Å². The van der Waals surface area contributed by atoms with Gasteiger partial charge in [0.05, 0.1) is 6.54 Å². The monoisotopic (exact) mass is 227 g/mol. The maximum Gasteiger partial charge on any atom is 0.236 e. The van der Waals surface area contributed by atoms with E-state index in [2.05, 4.69) is 4.90 Å². The molecule has 0 spiro atoms. The van der Waals surface area contributed by atoms with E-state index in [-0.39, 0.29) is 11.4 Å². The minimum atomic E-state index is 0.0737. The van der Waals surface area contributed by atoms with Crippen LogP contribution in [0.2, 0.25) is 0 Å². The third kappa shape index (κ3) is 2.74. The average Bonchev–Trinajstić information content (AvgIpc) is 2.77. The van der Waals surface area contributed by atoms with E-state index in [0.717, 1.165) is 19.4 Å². The number of carbonyl (C=O) groups excluding carboxylic acids is 1. The lowest BCUT2D eigenvalue weighted by Gasteiger charge is -2.38. The normalized spacial score (nSPS) is 19.1. The van der Waals surface area contributed by atoms with Gasteiger partial charge in [0.1, 0.15) is 0 Å². The van der Waals surface area contributed by atoms with Crippen molar-refractivity contribution in [2.24, 2.45) is 5.73 Å². The average molecular weight is 227 g/mol. The fraction of sp³-hybridized carbons (Fsp3) is 0.917. The van der Waals surface area contributed by atoms with E-state index in [1.54, 1.807) is 4.90 Å². The van der Waals surface area contributed by atoms with Crippen LogP contribution in [-0.4, -0.2) is 55.0 Å². The van der Waals surface area contributed by atoms with Gasteiger partial charge in [0.15, 0.2) is 0 Å². The Morgan fingerprint density at radius 1 is 1.31 bits per heavy atom. The largest absolute Gasteiger partial charge is 0.345 e. The van der Waals surface area contributed by atoms with Crippen molar-refractivity contribution in [3.05, 3.63) is 0 Å². The molecule has 0 aromatic carbocycles. The Kier molecular flexibility index (Phi) is 4.74. The van der Waals surface area contributed by atoms with Crippen LogP contribution in [-0.2, 0) is 4.79 Å². The van der Waals surface area contributed by atoms with E-state index in [1.165, 1.54) is 12.8 Å². The number of nitrogens with two attached hydrogens (primary N) is 1. The van der Waals surface area contributed by atoms with E-state index in [0.29, 0.717) is 13.1 Å². The molecule has 1 saturated carbocycles. The van der Waals surface area contributed by atoms with Crippen LogP contribution in [0.1, 0.15) is 32.6 Å². The lowest BCUT2D eigenvalue weighted by molar-refractivity contribution is -0.132. The minimum Gasteiger partial charge on any atom is -0.345 e. The van der Waals surface area contributed by atoms with Gasteiger partial charge in [-0.3, -0.25) is 9.69 Å². The summed E-state index contributed by atoms with van der Waals surface area (Å²) < 4.78 is 0. The molecule has 2 N–H and O–H groups in total. The summed E-state index contributed by atoms with van der Waals surface area (Å²) in [6, 6.07) is 0. The Labute approximate surface area is 98.8 Å². The van der Waals surface area contributed by atoms with Crippen LogP contribution >= 0.6 is 0 Å². The summed E-state index contributed by atoms with van der Waals surface area (Å²) in [5.74, 6) is 0.185. The summed E-state index contributed by atoms with van der Waals surface area (Å²) in [4.78, 5) is 15.8. The first-order valence-corrected chi connectivity index (χ1v) is 6.21. The predicted octanol–water partition coefficient (Wildman–Crippen LogP) is 0.668. The second-order valence-corrected chi connectivity index (χ2v) is 4.90. The first-order chi connectivity index (χ1) is 7.55. The van der Waals surface area contributed by atoms with Gasteiger partial charge in [-0.25, -0.2) is 0 Å². The lowest BCUT2D eigenvalue weighted by atomic mass is 9.96. The minimum absolute atomic E-state index is 0.0737. The van der Waals surface area contributed by atoms with E-state index in [4.69, 9.17) is 5.73 Å². The molecule has 0 aromatic rings. The zero-order valence-electron chi connectivity index (χ0n) is 10.8. The van der Waals surface area contributed by atoms with Crippen LogP contribution in [0.3, 0.4) is 0 Å². The van der Waals surface area contributed by atoms with E-state index in [9.17, 15) is 4.79 Å². The Balaban J connectivity index is 2.56. The van der Waals surface area contributed by atoms with Crippen LogP contribution in [0.5, 0.6) is 0 Å². The third-order valence-electron chi connectivity index (χ3n) is 4.00. The van der Waals surface area contributed by atoms with Gasteiger partial charge in [-0.15, -0.1) is 0 Å². The molecule has 0 unspecified atom stereocenters. The summed E-state index contributed by atoms with van der Waals surface area (Å²) in [6.45, 7) is 3.91. The molecule has 1 fully saturated rings. The van der Waals surface area contributed by atoms with Gasteiger partial charge in [-0.2, -0.15) is 0 Å². The highest BCUT2D eigenvalue weighted by Gasteiger charge is 2.37. The van der Waals surface area contributed by atoms with Crippen molar-refractivity contribution in [1.82, 2.24) is 9.80 Å². The van der Waals surface area contributed by atoms with Crippen molar-refractivity contribution >= 4 is 5.91 Å². The first kappa shape index (κ1) is 13.5. The van der Waals surface area contributed by atoms with Crippen molar-refractivity contribution < 1.29 is 4.79 Å². The van der Waals surface area contributed by atoms with Gasteiger partial charge in [0.25, 0.3) is 0 Å². The van der Waals surface area contributed by atoms with Crippen molar-refractivity contribution in [3.8, 4) is 0 Å². The molecule has 0 atom stereocenters. The summed E-state index contributed by atoms with van der Waals surface area (Å²) >= 11 is 0. The molecule has 1 rings (SSSR count). The smallest absolute Gasteiger partial charge is 0.236 e. The van der Waals surface area contributed by atoms with Crippen LogP contribution < -0.4 is 5.73 Å². The van der Waals surface area contributed by atoms with Crippen molar-refractivity contribution in [1.29, 1.82) is 0 Å². The van der Waals surface area contributed by atoms with E-state index < -0.39 is 0 Å². The predicted molar refractivity (Wildman–Crippen MR) is 66.2 cm³/mol. The molecule has 1 aliphatic rings. The van der Waals surface area contributed by atoms with Crippen molar-refractivity contribution in [2.75, 3.05) is 33.7 Å². The second-order valence-electron chi connectivity index (χ2n) is 4.90. The number of amides is 1. The van der Waals surface area contributed by atoms with Gasteiger partial charge in [0.2, 0.25) is 5.91 Å². The Hall–Kier alpha value is -0.610. The molecule has 0 bridgehead atoms. The van der Waals surface area contributed by atoms with Crippen LogP contribution in [0.15, 0.2) is 0 Å². The molecule has 1 aliphatic carbocycles. The van der Waals surface area contributed by atoms with Crippen molar-refractivity contribution in [3.63, 3.8) is 0 Å². The Morgan fingerprint density at radius 2 is 1.88 bits per heavy atom. The molecule has 16 heavy (non-hydrogen) atoms. The molecule has 4 heteroatoms.